The van der Waals surface area contributed by atoms with Crippen molar-refractivity contribution in [1.29, 1.82) is 0 Å². The first-order chi connectivity index (χ1) is 21.5. The summed E-state index contributed by atoms with van der Waals surface area (Å²) < 4.78 is 45.3. The van der Waals surface area contributed by atoms with E-state index in [1.807, 2.05) is 81.4 Å². The smallest absolute Gasteiger partial charge is 0.460 e. The van der Waals surface area contributed by atoms with Gasteiger partial charge < -0.3 is 14.8 Å². The molecule has 1 N–H and O–H groups in total. The van der Waals surface area contributed by atoms with Crippen molar-refractivity contribution >= 4 is 25.4 Å². The molecule has 3 heterocycles. The summed E-state index contributed by atoms with van der Waals surface area (Å²) in [4.78, 5) is 21.9. The van der Waals surface area contributed by atoms with Crippen molar-refractivity contribution in [3.63, 3.8) is 0 Å². The van der Waals surface area contributed by atoms with Gasteiger partial charge in [-0.25, -0.2) is 9.55 Å². The Balaban J connectivity index is 1.36. The van der Waals surface area contributed by atoms with Crippen LogP contribution in [0.25, 0.3) is 5.65 Å². The first-order valence-corrected chi connectivity index (χ1v) is 16.4. The normalized spacial score (nSPS) is 18.7. The van der Waals surface area contributed by atoms with Crippen LogP contribution in [0.1, 0.15) is 62.2 Å². The third kappa shape index (κ3) is 8.74. The van der Waals surface area contributed by atoms with Gasteiger partial charge >= 0.3 is 13.8 Å². The highest BCUT2D eigenvalue weighted by Crippen LogP contribution is 2.52. The summed E-state index contributed by atoms with van der Waals surface area (Å²) in [6.45, 7) is 7.19. The van der Waals surface area contributed by atoms with Crippen molar-refractivity contribution in [1.82, 2.24) is 19.6 Å². The number of hydrogen-bond donors (Lipinski definition) is 1. The first kappa shape index (κ1) is 32.7. The average Bonchev–Trinajstić information content (AvgIpc) is 3.61. The fourth-order valence-electron chi connectivity index (χ4n) is 5.11. The van der Waals surface area contributed by atoms with Gasteiger partial charge in [-0.2, -0.15) is 14.6 Å². The van der Waals surface area contributed by atoms with Gasteiger partial charge in [0.15, 0.2) is 5.65 Å². The molecule has 2 aromatic heterocycles. The van der Waals surface area contributed by atoms with E-state index in [0.717, 1.165) is 16.7 Å². The molecule has 3 atom stereocenters. The molecular formula is C32H40N5O7P. The number of nitrogens with one attached hydrogen (secondary N) is 1. The number of carbonyl (C=O) groups is 1. The molecule has 0 spiro atoms. The topological polar surface area (TPSA) is 135 Å². The molecule has 13 heteroatoms. The number of aromatic nitrogens is 4. The van der Waals surface area contributed by atoms with E-state index in [1.165, 1.54) is 0 Å². The second kappa shape index (κ2) is 14.2. The Morgan fingerprint density at radius 1 is 1.00 bits per heavy atom. The maximum Gasteiger partial charge on any atom is 0.475 e. The van der Waals surface area contributed by atoms with Crippen molar-refractivity contribution in [3.8, 4) is 0 Å². The average molecular weight is 638 g/mol. The molecule has 0 bridgehead atoms. The number of carbonyl (C=O) groups excluding carboxylic acids is 1. The summed E-state index contributed by atoms with van der Waals surface area (Å²) in [6.07, 6.45) is 1.15. The predicted octanol–water partition coefficient (Wildman–Crippen LogP) is 6.21. The number of benzene rings is 2. The van der Waals surface area contributed by atoms with Gasteiger partial charge in [-0.3, -0.25) is 18.4 Å². The molecular weight excluding hydrogens is 597 g/mol. The number of hydrogen-bond acceptors (Lipinski definition) is 11. The lowest BCUT2D eigenvalue weighted by Crippen LogP contribution is -2.29. The Hall–Kier alpha value is -3.67. The molecule has 4 aromatic rings. The maximum atomic E-state index is 14.0. The minimum absolute atomic E-state index is 0.0254. The Morgan fingerprint density at radius 3 is 2.20 bits per heavy atom. The number of rotatable bonds is 13. The van der Waals surface area contributed by atoms with Gasteiger partial charge in [0.1, 0.15) is 11.4 Å². The monoisotopic (exact) mass is 637 g/mol. The zero-order valence-electron chi connectivity index (χ0n) is 26.2. The van der Waals surface area contributed by atoms with Gasteiger partial charge in [-0.05, 0) is 45.2 Å². The van der Waals surface area contributed by atoms with E-state index < -0.39 is 25.6 Å². The Labute approximate surface area is 263 Å². The van der Waals surface area contributed by atoms with Gasteiger partial charge in [0.2, 0.25) is 5.95 Å². The molecule has 12 nitrogen and oxygen atoms in total. The molecule has 0 saturated carbocycles. The molecule has 0 amide bonds. The highest BCUT2D eigenvalue weighted by Gasteiger charge is 2.41. The number of esters is 1. The lowest BCUT2D eigenvalue weighted by molar-refractivity contribution is -0.156. The van der Waals surface area contributed by atoms with Crippen LogP contribution in [0.3, 0.4) is 0 Å². The van der Waals surface area contributed by atoms with Gasteiger partial charge in [0.25, 0.3) is 0 Å². The van der Waals surface area contributed by atoms with Crippen LogP contribution in [0.2, 0.25) is 0 Å². The van der Waals surface area contributed by atoms with Gasteiger partial charge in [-0.15, -0.1) is 0 Å². The third-order valence-electron chi connectivity index (χ3n) is 7.17. The van der Waals surface area contributed by atoms with Crippen molar-refractivity contribution in [2.75, 3.05) is 19.0 Å². The molecule has 1 fully saturated rings. The van der Waals surface area contributed by atoms with E-state index >= 15 is 0 Å². The molecule has 1 aliphatic rings. The molecule has 0 aliphatic carbocycles. The minimum atomic E-state index is -4.07. The molecule has 240 valence electrons. The van der Waals surface area contributed by atoms with Crippen LogP contribution in [0.15, 0.2) is 66.9 Å². The number of nitrogens with zero attached hydrogens (tertiary/aromatic N) is 4. The standard InChI is InChI=1S/C32H40N5O7P/c1-22-35-30-26(18-34-37(30)31(33-5)36-22)27-16-25(17-29(38)44-32(2,3)4)28(43-27)21-42-45(39,40-19-23-12-8-6-9-13-23)41-20-24-14-10-7-11-15-24/h6-15,18,25,27-28H,16-17,19-21H2,1-5H3,(H,33,35,36)/t25-,27-,28-/m1/s1. The van der Waals surface area contributed by atoms with Gasteiger partial charge in [0, 0.05) is 18.5 Å². The third-order valence-corrected chi connectivity index (χ3v) is 8.53. The molecule has 45 heavy (non-hydrogen) atoms. The second-order valence-corrected chi connectivity index (χ2v) is 13.6. The van der Waals surface area contributed by atoms with E-state index in [9.17, 15) is 9.36 Å². The Morgan fingerprint density at radius 2 is 1.62 bits per heavy atom. The van der Waals surface area contributed by atoms with Crippen LogP contribution in [0.4, 0.5) is 5.95 Å². The van der Waals surface area contributed by atoms with Crippen LogP contribution in [-0.2, 0) is 45.6 Å². The molecule has 1 saturated heterocycles. The first-order valence-electron chi connectivity index (χ1n) is 14.9. The zero-order valence-corrected chi connectivity index (χ0v) is 27.1. The van der Waals surface area contributed by atoms with Crippen molar-refractivity contribution in [2.24, 2.45) is 5.92 Å². The predicted molar refractivity (Wildman–Crippen MR) is 167 cm³/mol. The van der Waals surface area contributed by atoms with Gasteiger partial charge in [0.05, 0.1) is 44.6 Å². The number of anilines is 1. The van der Waals surface area contributed by atoms with E-state index in [2.05, 4.69) is 20.4 Å². The lowest BCUT2D eigenvalue weighted by Gasteiger charge is -2.24. The Kier molecular flexibility index (Phi) is 10.3. The maximum absolute atomic E-state index is 14.0. The summed E-state index contributed by atoms with van der Waals surface area (Å²) in [5.41, 5.74) is 2.33. The van der Waals surface area contributed by atoms with Crippen LogP contribution < -0.4 is 5.32 Å². The molecule has 0 unspecified atom stereocenters. The van der Waals surface area contributed by atoms with Gasteiger partial charge in [-0.1, -0.05) is 60.7 Å². The molecule has 1 aliphatic heterocycles. The summed E-state index contributed by atoms with van der Waals surface area (Å²) >= 11 is 0. The lowest BCUT2D eigenvalue weighted by atomic mass is 9.94. The number of ether oxygens (including phenoxy) is 2. The highest BCUT2D eigenvalue weighted by atomic mass is 31.2. The van der Waals surface area contributed by atoms with Crippen molar-refractivity contribution < 1.29 is 32.4 Å². The number of aryl methyl sites for hydroxylation is 1. The molecule has 2 aromatic carbocycles. The molecule has 0 radical (unpaired) electrons. The number of fused-ring (bicyclic) bond motifs is 1. The SMILES string of the molecule is CNc1nc(C)nc2c([C@H]3C[C@H](CC(=O)OC(C)(C)C)[C@@H](COP(=O)(OCc4ccccc4)OCc4ccccc4)O3)cnn12. The van der Waals surface area contributed by atoms with Crippen LogP contribution in [-0.4, -0.2) is 50.9 Å². The van der Waals surface area contributed by atoms with E-state index in [4.69, 9.17) is 23.0 Å². The quantitative estimate of drug-likeness (QED) is 0.132. The second-order valence-electron chi connectivity index (χ2n) is 11.9. The van der Waals surface area contributed by atoms with Crippen molar-refractivity contribution in [3.05, 3.63) is 89.4 Å². The van der Waals surface area contributed by atoms with E-state index in [1.54, 1.807) is 24.7 Å². The van der Waals surface area contributed by atoms with Crippen LogP contribution in [0, 0.1) is 12.8 Å². The number of phosphoric ester groups is 1. The summed E-state index contributed by atoms with van der Waals surface area (Å²) in [5, 5.41) is 7.50. The van der Waals surface area contributed by atoms with Crippen LogP contribution >= 0.6 is 7.82 Å². The van der Waals surface area contributed by atoms with Crippen molar-refractivity contribution in [2.45, 2.75) is 71.6 Å². The fraction of sp³-hybridized carbons (Fsp3) is 0.438. The zero-order chi connectivity index (χ0) is 32.0. The summed E-state index contributed by atoms with van der Waals surface area (Å²) in [6, 6.07) is 18.7. The largest absolute Gasteiger partial charge is 0.475 e. The Bertz CT molecular complexity index is 1580. The summed E-state index contributed by atoms with van der Waals surface area (Å²) in [5.74, 6) is 0.437. The number of phosphoric acid groups is 1. The summed E-state index contributed by atoms with van der Waals surface area (Å²) in [7, 11) is -2.31. The van der Waals surface area contributed by atoms with Crippen LogP contribution in [0.5, 0.6) is 0 Å². The minimum Gasteiger partial charge on any atom is -0.460 e. The fourth-order valence-corrected chi connectivity index (χ4v) is 6.28. The van der Waals surface area contributed by atoms with E-state index in [0.29, 0.717) is 23.8 Å². The molecule has 5 rings (SSSR count). The van der Waals surface area contributed by atoms with E-state index in [-0.39, 0.29) is 38.1 Å². The highest BCUT2D eigenvalue weighted by molar-refractivity contribution is 7.48.